The first-order chi connectivity index (χ1) is 24.5. The van der Waals surface area contributed by atoms with Crippen molar-refractivity contribution in [2.75, 3.05) is 18.5 Å². The van der Waals surface area contributed by atoms with Crippen LogP contribution in [0, 0.1) is 5.92 Å². The number of rotatable bonds is 16. The maximum Gasteiger partial charge on any atom is 0.510 e. The van der Waals surface area contributed by atoms with Crippen LogP contribution < -0.4 is 32.3 Å². The van der Waals surface area contributed by atoms with Crippen molar-refractivity contribution in [2.24, 2.45) is 11.7 Å². The van der Waals surface area contributed by atoms with Crippen molar-refractivity contribution in [1.82, 2.24) is 36.3 Å². The van der Waals surface area contributed by atoms with Crippen LogP contribution in [0.2, 0.25) is 0 Å². The summed E-state index contributed by atoms with van der Waals surface area (Å²) < 4.78 is 11.5. The molecule has 0 saturated heterocycles. The van der Waals surface area contributed by atoms with Crippen LogP contribution in [0.15, 0.2) is 61.2 Å². The van der Waals surface area contributed by atoms with Crippen molar-refractivity contribution in [2.45, 2.75) is 71.4 Å². The van der Waals surface area contributed by atoms with Gasteiger partial charge >= 0.3 is 12.2 Å². The molecule has 5 amide bonds. The molecule has 0 saturated carbocycles. The van der Waals surface area contributed by atoms with Crippen LogP contribution in [0.25, 0.3) is 22.5 Å². The highest BCUT2D eigenvalue weighted by Crippen LogP contribution is 2.38. The molecule has 272 valence electrons. The number of ether oxygens (including phenoxy) is 2. The molecule has 0 bridgehead atoms. The van der Waals surface area contributed by atoms with E-state index in [1.807, 2.05) is 48.5 Å². The van der Waals surface area contributed by atoms with E-state index < -0.39 is 48.2 Å². The lowest BCUT2D eigenvalue weighted by atomic mass is 9.97. The number of anilines is 1. The van der Waals surface area contributed by atoms with Gasteiger partial charge in [-0.15, -0.1) is 11.7 Å². The lowest BCUT2D eigenvalue weighted by molar-refractivity contribution is -0.134. The van der Waals surface area contributed by atoms with E-state index in [0.29, 0.717) is 17.9 Å². The third-order valence-electron chi connectivity index (χ3n) is 8.00. The van der Waals surface area contributed by atoms with E-state index >= 15 is 0 Å². The Labute approximate surface area is 295 Å². The van der Waals surface area contributed by atoms with Gasteiger partial charge in [-0.1, -0.05) is 67.6 Å². The van der Waals surface area contributed by atoms with Crippen LogP contribution in [0.1, 0.15) is 45.6 Å². The second-order valence-corrected chi connectivity index (χ2v) is 12.1. The van der Waals surface area contributed by atoms with E-state index in [4.69, 9.17) is 15.2 Å². The number of fused-ring (bicyclic) bond motifs is 5. The fraction of sp³-hybridized carbons (Fsp3) is 0.400. The Bertz CT molecular complexity index is 1720. The quantitative estimate of drug-likeness (QED) is 0.0554. The molecule has 0 radical (unpaired) electrons. The number of aromatic nitrogens is 3. The van der Waals surface area contributed by atoms with Crippen molar-refractivity contribution in [3.63, 3.8) is 0 Å². The smallest absolute Gasteiger partial charge is 0.435 e. The summed E-state index contributed by atoms with van der Waals surface area (Å²) in [7, 11) is 0. The molecule has 16 nitrogen and oxygen atoms in total. The predicted molar refractivity (Wildman–Crippen MR) is 189 cm³/mol. The zero-order valence-electron chi connectivity index (χ0n) is 28.9. The third kappa shape index (κ3) is 10.3. The number of hydrogen-bond acceptors (Lipinski definition) is 10. The van der Waals surface area contributed by atoms with Gasteiger partial charge < -0.3 is 41.8 Å². The van der Waals surface area contributed by atoms with Crippen molar-refractivity contribution in [1.29, 1.82) is 0 Å². The fourth-order valence-electron chi connectivity index (χ4n) is 5.56. The zero-order chi connectivity index (χ0) is 36.9. The van der Waals surface area contributed by atoms with Gasteiger partial charge in [0.15, 0.2) is 6.23 Å². The fourth-order valence-corrected chi connectivity index (χ4v) is 5.56. The average Bonchev–Trinajstić information content (AvgIpc) is 3.49. The van der Waals surface area contributed by atoms with Gasteiger partial charge in [-0.05, 0) is 37.3 Å². The van der Waals surface area contributed by atoms with E-state index in [0.717, 1.165) is 22.4 Å². The van der Waals surface area contributed by atoms with Gasteiger partial charge in [0, 0.05) is 36.3 Å². The van der Waals surface area contributed by atoms with Crippen LogP contribution in [-0.4, -0.2) is 76.4 Å². The number of nitrogens with two attached hydrogens (primary N) is 1. The molecular formula is C35H45N9O7. The third-order valence-corrected chi connectivity index (χ3v) is 8.00. The molecule has 2 aromatic carbocycles. The highest BCUT2D eigenvalue weighted by molar-refractivity contribution is 5.93. The van der Waals surface area contributed by atoms with Crippen LogP contribution in [0.5, 0.6) is 0 Å². The summed E-state index contributed by atoms with van der Waals surface area (Å²) in [4.78, 5) is 63.8. The van der Waals surface area contributed by atoms with E-state index in [9.17, 15) is 24.0 Å². The summed E-state index contributed by atoms with van der Waals surface area (Å²) in [5, 5.41) is 22.8. The first-order valence-electron chi connectivity index (χ1n) is 16.7. The molecule has 0 spiro atoms. The number of nitrogens with zero attached hydrogens (tertiary/aromatic N) is 3. The number of carbonyl (C=O) groups is 5. The first kappa shape index (κ1) is 37.9. The van der Waals surface area contributed by atoms with Crippen molar-refractivity contribution in [3.8, 4) is 22.5 Å². The molecule has 4 rings (SSSR count). The van der Waals surface area contributed by atoms with E-state index in [2.05, 4.69) is 43.5 Å². The summed E-state index contributed by atoms with van der Waals surface area (Å²) in [6.07, 6.45) is -0.243. The van der Waals surface area contributed by atoms with E-state index in [1.165, 1.54) is 10.8 Å². The number of urea groups is 1. The molecule has 7 N–H and O–H groups in total. The Kier molecular flexibility index (Phi) is 13.5. The molecule has 1 unspecified atom stereocenters. The summed E-state index contributed by atoms with van der Waals surface area (Å²) in [6.45, 7) is 9.29. The van der Waals surface area contributed by atoms with Gasteiger partial charge in [0.25, 0.3) is 0 Å². The number of primary amides is 1. The monoisotopic (exact) mass is 703 g/mol. The van der Waals surface area contributed by atoms with E-state index in [-0.39, 0.29) is 44.9 Å². The van der Waals surface area contributed by atoms with Gasteiger partial charge in [-0.2, -0.15) is 0 Å². The van der Waals surface area contributed by atoms with Gasteiger partial charge in [-0.3, -0.25) is 14.4 Å². The Balaban J connectivity index is 1.52. The van der Waals surface area contributed by atoms with Gasteiger partial charge in [0.1, 0.15) is 24.3 Å². The van der Waals surface area contributed by atoms with Gasteiger partial charge in [0.2, 0.25) is 17.7 Å². The normalized spacial score (nSPS) is 13.3. The molecule has 1 aliphatic rings. The molecule has 2 heterocycles. The maximum absolute atomic E-state index is 13.7. The molecule has 51 heavy (non-hydrogen) atoms. The first-order valence-corrected chi connectivity index (χ1v) is 16.7. The summed E-state index contributed by atoms with van der Waals surface area (Å²) in [5.41, 5.74) is 10.0. The van der Waals surface area contributed by atoms with Gasteiger partial charge in [-0.25, -0.2) is 14.3 Å². The molecule has 1 aliphatic heterocycles. The highest BCUT2D eigenvalue weighted by Gasteiger charge is 2.31. The second-order valence-electron chi connectivity index (χ2n) is 12.1. The lowest BCUT2D eigenvalue weighted by Crippen LogP contribution is -2.57. The molecule has 0 aliphatic carbocycles. The minimum atomic E-state index is -1.14. The maximum atomic E-state index is 13.7. The summed E-state index contributed by atoms with van der Waals surface area (Å²) >= 11 is 0. The van der Waals surface area contributed by atoms with Crippen LogP contribution >= 0.6 is 0 Å². The topological polar surface area (TPSA) is 221 Å². The molecule has 3 atom stereocenters. The highest BCUT2D eigenvalue weighted by atomic mass is 16.7. The standard InChI is InChI=1S/C35H45N9O7/c1-5-12-28(51-35(49)50-6-2)41-32(46)26(17-11-18-37-34(36)48)39-33(47)29(21(3)4)40-27(45)20-44-31-24-15-9-10-16-25(24)38-19-22-13-7-8-14-23(22)30(31)42-43-44/h5,7-10,13-16,21,26,28-29,38H,1,6,11-12,17-20H2,2-4H3,(H,39,47)(H,40,45)(H,41,46)(H3,36,37,48)/t26-,28?,29-/m0/s1. The van der Waals surface area contributed by atoms with Gasteiger partial charge in [0.05, 0.1) is 12.3 Å². The van der Waals surface area contributed by atoms with Crippen LogP contribution in [-0.2, 0) is 36.9 Å². The molecule has 1 aromatic heterocycles. The Hall–Kier alpha value is -5.93. The average molecular weight is 704 g/mol. The van der Waals surface area contributed by atoms with Crippen LogP contribution in [0.4, 0.5) is 15.3 Å². The molecule has 16 heteroatoms. The number of nitrogens with one attached hydrogen (secondary N) is 5. The Morgan fingerprint density at radius 2 is 1.75 bits per heavy atom. The minimum Gasteiger partial charge on any atom is -0.435 e. The Morgan fingerprint density at radius 3 is 2.45 bits per heavy atom. The summed E-state index contributed by atoms with van der Waals surface area (Å²) in [5.74, 6) is -2.17. The largest absolute Gasteiger partial charge is 0.510 e. The number of hydrogen-bond donors (Lipinski definition) is 6. The second kappa shape index (κ2) is 18.2. The van der Waals surface area contributed by atoms with Crippen molar-refractivity contribution >= 4 is 35.6 Å². The van der Waals surface area contributed by atoms with Crippen LogP contribution in [0.3, 0.4) is 0 Å². The predicted octanol–water partition coefficient (Wildman–Crippen LogP) is 2.80. The molecular weight excluding hydrogens is 658 g/mol. The minimum absolute atomic E-state index is 0.0667. The molecule has 0 fully saturated rings. The number of benzene rings is 2. The summed E-state index contributed by atoms with van der Waals surface area (Å²) in [6, 6.07) is 12.6. The number of para-hydroxylation sites is 1. The molecule has 3 aromatic rings. The number of amides is 5. The SMILES string of the molecule is C=CCC(NC(=O)[C@H](CCCNC(N)=O)NC(=O)[C@@H](NC(=O)Cn1nnc2c1-c1ccccc1NCc1ccccc1-2)C(C)C)OC(=O)OCC. The number of carbonyl (C=O) groups excluding carboxylic acids is 5. The van der Waals surface area contributed by atoms with Crippen molar-refractivity contribution < 1.29 is 33.4 Å². The lowest BCUT2D eigenvalue weighted by Gasteiger charge is -2.26. The van der Waals surface area contributed by atoms with E-state index in [1.54, 1.807) is 20.8 Å². The zero-order valence-corrected chi connectivity index (χ0v) is 28.9. The Morgan fingerprint density at radius 1 is 1.02 bits per heavy atom. The van der Waals surface area contributed by atoms with Crippen molar-refractivity contribution in [3.05, 3.63) is 66.7 Å².